The third kappa shape index (κ3) is 3.21. The average molecular weight is 402 g/mol. The Bertz CT molecular complexity index is 670. The van der Waals surface area contributed by atoms with Crippen molar-refractivity contribution in [1.29, 1.82) is 0 Å². The van der Waals surface area contributed by atoms with Gasteiger partial charge in [0.05, 0.1) is 34.2 Å². The van der Waals surface area contributed by atoms with Crippen molar-refractivity contribution in [2.75, 3.05) is 20.5 Å². The number of unbranched alkanes of at least 4 members (excludes halogenated alkanes) is 1. The minimum atomic E-state index is -0.319. The smallest absolute Gasteiger partial charge is 0.124 e. The molecule has 2 aromatic rings. The van der Waals surface area contributed by atoms with Crippen molar-refractivity contribution >= 4 is 56.7 Å². The predicted octanol–water partition coefficient (Wildman–Crippen LogP) is 6.18. The van der Waals surface area contributed by atoms with E-state index in [0.717, 1.165) is 36.1 Å². The number of nitrogens with zero attached hydrogens (tertiary/aromatic N) is 2. The zero-order valence-electron chi connectivity index (χ0n) is 11.8. The summed E-state index contributed by atoms with van der Waals surface area (Å²) < 4.78 is 17.6. The fourth-order valence-electron chi connectivity index (χ4n) is 2.36. The van der Waals surface area contributed by atoms with Crippen LogP contribution in [0.4, 0.5) is 21.5 Å². The molecule has 116 valence electrons. The fraction of sp³-hybridized carbons (Fsp3) is 0.250. The molecule has 0 saturated carbocycles. The van der Waals surface area contributed by atoms with E-state index in [1.807, 2.05) is 12.1 Å². The number of hydrogen-bond acceptors (Lipinski definition) is 3. The summed E-state index contributed by atoms with van der Waals surface area (Å²) in [6.45, 7) is 0.961. The van der Waals surface area contributed by atoms with Crippen molar-refractivity contribution in [1.82, 2.24) is 0 Å². The second-order valence-electron chi connectivity index (χ2n) is 4.96. The number of anilines is 3. The first-order valence-corrected chi connectivity index (χ1v) is 9.29. The highest BCUT2D eigenvalue weighted by Gasteiger charge is 2.29. The molecule has 1 heterocycles. The van der Waals surface area contributed by atoms with Crippen LogP contribution in [0.3, 0.4) is 0 Å². The molecule has 1 aliphatic heterocycles. The summed E-state index contributed by atoms with van der Waals surface area (Å²) in [5, 5.41) is 1.44. The second-order valence-corrected chi connectivity index (χ2v) is 7.13. The monoisotopic (exact) mass is 400 g/mol. The van der Waals surface area contributed by atoms with E-state index in [1.54, 1.807) is 18.2 Å². The number of benzene rings is 2. The van der Waals surface area contributed by atoms with Gasteiger partial charge >= 0.3 is 0 Å². The topological polar surface area (TPSA) is 6.48 Å². The maximum atomic E-state index is 13.3. The van der Waals surface area contributed by atoms with Crippen molar-refractivity contribution in [2.45, 2.75) is 12.8 Å². The quantitative estimate of drug-likeness (QED) is 0.336. The first-order chi connectivity index (χ1) is 10.7. The summed E-state index contributed by atoms with van der Waals surface area (Å²) in [5.41, 5.74) is 3.06. The van der Waals surface area contributed by atoms with Gasteiger partial charge in [0.2, 0.25) is 0 Å². The van der Waals surface area contributed by atoms with Gasteiger partial charge in [0.15, 0.2) is 0 Å². The first kappa shape index (κ1) is 16.0. The summed E-state index contributed by atoms with van der Waals surface area (Å²) >= 11 is 11.3. The van der Waals surface area contributed by atoms with Crippen molar-refractivity contribution in [3.8, 4) is 0 Å². The lowest BCUT2D eigenvalue weighted by Gasteiger charge is -2.20. The van der Waals surface area contributed by atoms with Gasteiger partial charge in [0, 0.05) is 11.9 Å². The van der Waals surface area contributed by atoms with Crippen LogP contribution in [-0.2, 0) is 0 Å². The van der Waals surface area contributed by atoms with Gasteiger partial charge < -0.3 is 0 Å². The van der Waals surface area contributed by atoms with Crippen molar-refractivity contribution in [2.24, 2.45) is 0 Å². The van der Waals surface area contributed by atoms with Crippen molar-refractivity contribution in [3.05, 3.63) is 53.3 Å². The Morgan fingerprint density at radius 1 is 1.05 bits per heavy atom. The SMILES string of the molecule is Fc1ccc(N2SN(CCCCBr)c3ccccc32)c(Cl)c1. The van der Waals surface area contributed by atoms with E-state index >= 15 is 0 Å². The average Bonchev–Trinajstić information content (AvgIpc) is 2.87. The zero-order valence-corrected chi connectivity index (χ0v) is 15.0. The van der Waals surface area contributed by atoms with E-state index in [1.165, 1.54) is 17.8 Å². The highest BCUT2D eigenvalue weighted by molar-refractivity contribution is 9.09. The number of fused-ring (bicyclic) bond motifs is 1. The maximum absolute atomic E-state index is 13.3. The van der Waals surface area contributed by atoms with Gasteiger partial charge in [-0.25, -0.2) is 4.39 Å². The molecule has 22 heavy (non-hydrogen) atoms. The number of rotatable bonds is 5. The van der Waals surface area contributed by atoms with Crippen LogP contribution in [0, 0.1) is 5.82 Å². The Labute approximate surface area is 147 Å². The van der Waals surface area contributed by atoms with E-state index in [9.17, 15) is 4.39 Å². The molecule has 6 heteroatoms. The molecule has 3 rings (SSSR count). The minimum Gasteiger partial charge on any atom is -0.296 e. The van der Waals surface area contributed by atoms with E-state index < -0.39 is 0 Å². The van der Waals surface area contributed by atoms with Gasteiger partial charge in [-0.1, -0.05) is 39.7 Å². The fourth-order valence-corrected chi connectivity index (χ4v) is 4.20. The van der Waals surface area contributed by atoms with Gasteiger partial charge in [-0.15, -0.1) is 0 Å². The molecule has 0 spiro atoms. The molecule has 0 fully saturated rings. The third-order valence-electron chi connectivity index (χ3n) is 3.42. The first-order valence-electron chi connectivity index (χ1n) is 7.06. The lowest BCUT2D eigenvalue weighted by Crippen LogP contribution is -2.15. The van der Waals surface area contributed by atoms with Crippen LogP contribution >= 0.6 is 39.7 Å². The highest BCUT2D eigenvalue weighted by Crippen LogP contribution is 2.50. The predicted molar refractivity (Wildman–Crippen MR) is 98.0 cm³/mol. The third-order valence-corrected chi connectivity index (χ3v) is 5.42. The van der Waals surface area contributed by atoms with Gasteiger partial charge in [0.25, 0.3) is 0 Å². The van der Waals surface area contributed by atoms with Crippen LogP contribution in [0.15, 0.2) is 42.5 Å². The molecule has 0 atom stereocenters. The molecule has 2 nitrogen and oxygen atoms in total. The molecule has 0 bridgehead atoms. The molecule has 0 unspecified atom stereocenters. The Morgan fingerprint density at radius 2 is 1.82 bits per heavy atom. The number of halogens is 3. The van der Waals surface area contributed by atoms with E-state index in [2.05, 4.69) is 36.7 Å². The largest absolute Gasteiger partial charge is 0.296 e. The number of alkyl halides is 1. The van der Waals surface area contributed by atoms with Crippen LogP contribution in [0.25, 0.3) is 0 Å². The molecule has 0 saturated heterocycles. The molecule has 0 aromatic heterocycles. The zero-order chi connectivity index (χ0) is 15.5. The molecule has 0 aliphatic carbocycles. The lowest BCUT2D eigenvalue weighted by atomic mass is 10.2. The van der Waals surface area contributed by atoms with E-state index in [0.29, 0.717) is 5.02 Å². The molecule has 0 radical (unpaired) electrons. The molecule has 2 aromatic carbocycles. The van der Waals surface area contributed by atoms with Gasteiger partial charge in [-0.2, -0.15) is 0 Å². The van der Waals surface area contributed by atoms with E-state index in [4.69, 9.17) is 11.6 Å². The lowest BCUT2D eigenvalue weighted by molar-refractivity contribution is 0.628. The normalized spacial score (nSPS) is 13.6. The van der Waals surface area contributed by atoms with E-state index in [-0.39, 0.29) is 5.82 Å². The Balaban J connectivity index is 1.90. The Morgan fingerprint density at radius 3 is 2.55 bits per heavy atom. The van der Waals surface area contributed by atoms with Crippen LogP contribution in [0.1, 0.15) is 12.8 Å². The van der Waals surface area contributed by atoms with Crippen molar-refractivity contribution in [3.63, 3.8) is 0 Å². The van der Waals surface area contributed by atoms with Crippen LogP contribution < -0.4 is 8.61 Å². The van der Waals surface area contributed by atoms with Crippen LogP contribution in [0.5, 0.6) is 0 Å². The molecular weight excluding hydrogens is 387 g/mol. The molecule has 1 aliphatic rings. The summed E-state index contributed by atoms with van der Waals surface area (Å²) in [7, 11) is 0. The maximum Gasteiger partial charge on any atom is 0.124 e. The highest BCUT2D eigenvalue weighted by atomic mass is 79.9. The molecule has 0 amide bonds. The number of hydrogen-bond donors (Lipinski definition) is 0. The molecule has 0 N–H and O–H groups in total. The summed E-state index contributed by atoms with van der Waals surface area (Å²) in [4.78, 5) is 0. The second kappa shape index (κ2) is 7.11. The van der Waals surface area contributed by atoms with Crippen molar-refractivity contribution < 1.29 is 4.39 Å². The molecular formula is C16H15BrClFN2S. The summed E-state index contributed by atoms with van der Waals surface area (Å²) in [6.07, 6.45) is 2.24. The summed E-state index contributed by atoms with van der Waals surface area (Å²) in [6, 6.07) is 12.7. The standard InChI is InChI=1S/C16H15BrClFN2S/c17-9-3-4-10-20-15-5-1-2-6-16(15)21(22-20)14-8-7-12(19)11-13(14)18/h1-2,5-8,11H,3-4,9-10H2. The summed E-state index contributed by atoms with van der Waals surface area (Å²) in [5.74, 6) is -0.319. The van der Waals surface area contributed by atoms with Gasteiger partial charge in [-0.3, -0.25) is 8.61 Å². The Kier molecular flexibility index (Phi) is 5.16. The Hall–Kier alpha value is -0.910. The van der Waals surface area contributed by atoms with Gasteiger partial charge in [0.1, 0.15) is 5.82 Å². The minimum absolute atomic E-state index is 0.319. The number of para-hydroxylation sites is 2. The van der Waals surface area contributed by atoms with Gasteiger partial charge in [-0.05, 0) is 43.2 Å². The van der Waals surface area contributed by atoms with Crippen LogP contribution in [0.2, 0.25) is 5.02 Å². The van der Waals surface area contributed by atoms with Crippen LogP contribution in [-0.4, -0.2) is 11.9 Å².